The average molecular weight is 449 g/mol. The molecule has 164 valence electrons. The topological polar surface area (TPSA) is 55.4 Å². The normalized spacial score (nSPS) is 13.4. The molecular formula is C22H22F3N3O2S. The van der Waals surface area contributed by atoms with Crippen LogP contribution >= 0.6 is 11.3 Å². The van der Waals surface area contributed by atoms with Crippen LogP contribution in [0, 0.1) is 5.92 Å². The smallest absolute Gasteiger partial charge is 0.420 e. The highest BCUT2D eigenvalue weighted by Gasteiger charge is 2.35. The highest BCUT2D eigenvalue weighted by atomic mass is 32.1. The van der Waals surface area contributed by atoms with Gasteiger partial charge in [-0.25, -0.2) is 4.98 Å². The number of ether oxygens (including phenoxy) is 2. The number of anilines is 3. The number of halogens is 3. The number of rotatable bonds is 6. The summed E-state index contributed by atoms with van der Waals surface area (Å²) in [6.45, 7) is 5.34. The van der Waals surface area contributed by atoms with Crippen molar-refractivity contribution in [3.8, 4) is 22.8 Å². The quantitative estimate of drug-likeness (QED) is 0.455. The van der Waals surface area contributed by atoms with Gasteiger partial charge in [0, 0.05) is 23.2 Å². The second-order valence-electron chi connectivity index (χ2n) is 7.56. The van der Waals surface area contributed by atoms with E-state index < -0.39 is 11.7 Å². The van der Waals surface area contributed by atoms with Crippen molar-refractivity contribution in [1.29, 1.82) is 0 Å². The first-order valence-corrected chi connectivity index (χ1v) is 10.8. The minimum absolute atomic E-state index is 0.123. The highest BCUT2D eigenvalue weighted by Crippen LogP contribution is 2.39. The number of benzene rings is 2. The Morgan fingerprint density at radius 3 is 2.84 bits per heavy atom. The van der Waals surface area contributed by atoms with Crippen LogP contribution < -0.4 is 20.1 Å². The Morgan fingerprint density at radius 1 is 1.23 bits per heavy atom. The first-order chi connectivity index (χ1) is 14.8. The summed E-state index contributed by atoms with van der Waals surface area (Å²) >= 11 is 1.32. The van der Waals surface area contributed by atoms with E-state index in [1.807, 2.05) is 37.4 Å². The average Bonchev–Trinajstić information content (AvgIpc) is 3.20. The zero-order chi connectivity index (χ0) is 22.0. The molecule has 0 amide bonds. The molecule has 2 aromatic carbocycles. The van der Waals surface area contributed by atoms with Crippen molar-refractivity contribution in [3.05, 3.63) is 47.3 Å². The summed E-state index contributed by atoms with van der Waals surface area (Å²) in [7, 11) is 0. The van der Waals surface area contributed by atoms with Gasteiger partial charge in [-0.3, -0.25) is 0 Å². The fourth-order valence-corrected chi connectivity index (χ4v) is 3.84. The van der Waals surface area contributed by atoms with Crippen LogP contribution in [0.5, 0.6) is 11.5 Å². The molecule has 2 N–H and O–H groups in total. The maximum absolute atomic E-state index is 13.5. The fourth-order valence-electron chi connectivity index (χ4n) is 3.10. The lowest BCUT2D eigenvalue weighted by Crippen LogP contribution is -2.17. The zero-order valence-corrected chi connectivity index (χ0v) is 17.9. The van der Waals surface area contributed by atoms with Crippen molar-refractivity contribution in [3.63, 3.8) is 0 Å². The maximum atomic E-state index is 13.5. The summed E-state index contributed by atoms with van der Waals surface area (Å²) in [4.78, 5) is 4.52. The molecule has 0 saturated heterocycles. The molecule has 0 atom stereocenters. The Hall–Kier alpha value is -2.94. The molecule has 0 bridgehead atoms. The lowest BCUT2D eigenvalue weighted by atomic mass is 10.1. The van der Waals surface area contributed by atoms with Crippen LogP contribution in [-0.4, -0.2) is 24.7 Å². The summed E-state index contributed by atoms with van der Waals surface area (Å²) in [5.41, 5.74) is 2.02. The molecule has 3 aromatic rings. The summed E-state index contributed by atoms with van der Waals surface area (Å²) < 4.78 is 51.5. The summed E-state index contributed by atoms with van der Waals surface area (Å²) in [5, 5.41) is 8.61. The third kappa shape index (κ3) is 5.04. The predicted octanol–water partition coefficient (Wildman–Crippen LogP) is 6.41. The number of thiazole rings is 1. The molecule has 0 radical (unpaired) electrons. The van der Waals surface area contributed by atoms with Gasteiger partial charge in [0.05, 0.1) is 23.6 Å². The van der Waals surface area contributed by atoms with Crippen molar-refractivity contribution < 1.29 is 22.6 Å². The summed E-state index contributed by atoms with van der Waals surface area (Å²) in [6, 6.07) is 9.71. The third-order valence-electron chi connectivity index (χ3n) is 4.56. The molecule has 31 heavy (non-hydrogen) atoms. The van der Waals surface area contributed by atoms with Crippen molar-refractivity contribution in [2.24, 2.45) is 5.92 Å². The number of nitrogens with zero attached hydrogens (tertiary/aromatic N) is 1. The lowest BCUT2D eigenvalue weighted by molar-refractivity contribution is -0.139. The zero-order valence-electron chi connectivity index (χ0n) is 17.0. The van der Waals surface area contributed by atoms with Gasteiger partial charge in [0.25, 0.3) is 0 Å². The molecule has 1 aliphatic heterocycles. The van der Waals surface area contributed by atoms with Crippen LogP contribution in [0.1, 0.15) is 19.4 Å². The van der Waals surface area contributed by atoms with E-state index in [1.54, 1.807) is 6.07 Å². The van der Waals surface area contributed by atoms with Crippen molar-refractivity contribution in [2.75, 3.05) is 30.4 Å². The Morgan fingerprint density at radius 2 is 2.06 bits per heavy atom. The number of fused-ring (bicyclic) bond motifs is 1. The first kappa shape index (κ1) is 21.3. The van der Waals surface area contributed by atoms with E-state index in [1.165, 1.54) is 17.4 Å². The predicted molar refractivity (Wildman–Crippen MR) is 117 cm³/mol. The minimum Gasteiger partial charge on any atom is -0.493 e. The molecule has 0 saturated carbocycles. The van der Waals surface area contributed by atoms with Crippen molar-refractivity contribution >= 4 is 27.8 Å². The Balaban J connectivity index is 1.54. The van der Waals surface area contributed by atoms with E-state index in [0.717, 1.165) is 35.3 Å². The second-order valence-corrected chi connectivity index (χ2v) is 8.42. The van der Waals surface area contributed by atoms with Gasteiger partial charge in [-0.1, -0.05) is 13.8 Å². The number of aromatic nitrogens is 1. The van der Waals surface area contributed by atoms with Gasteiger partial charge < -0.3 is 20.1 Å². The molecule has 9 heteroatoms. The molecule has 1 aromatic heterocycles. The number of nitrogens with one attached hydrogen (secondary N) is 2. The van der Waals surface area contributed by atoms with Gasteiger partial charge >= 0.3 is 6.18 Å². The van der Waals surface area contributed by atoms with E-state index in [0.29, 0.717) is 17.4 Å². The highest BCUT2D eigenvalue weighted by molar-refractivity contribution is 7.14. The van der Waals surface area contributed by atoms with Crippen LogP contribution in [0.2, 0.25) is 0 Å². The van der Waals surface area contributed by atoms with E-state index >= 15 is 0 Å². The van der Waals surface area contributed by atoms with Crippen LogP contribution in [0.15, 0.2) is 41.8 Å². The van der Waals surface area contributed by atoms with Gasteiger partial charge in [0.1, 0.15) is 18.1 Å². The van der Waals surface area contributed by atoms with Crippen LogP contribution in [0.25, 0.3) is 11.3 Å². The number of hydrogen-bond donors (Lipinski definition) is 2. The SMILES string of the molecule is CC(C)COc1ccc(Nc2nc(-c3ccc4c(c3)NCCO4)cs2)cc1C(F)(F)F. The van der Waals surface area contributed by atoms with Crippen LogP contribution in [0.4, 0.5) is 29.7 Å². The standard InChI is InChI=1S/C22H22F3N3O2S/c1-13(2)11-30-19-6-4-15(10-16(19)22(23,24)25)27-21-28-18(12-31-21)14-3-5-20-17(9-14)26-7-8-29-20/h3-6,9-10,12-13,26H,7-8,11H2,1-2H3,(H,27,28). The molecule has 0 spiro atoms. The number of hydrogen-bond acceptors (Lipinski definition) is 6. The molecule has 4 rings (SSSR count). The maximum Gasteiger partial charge on any atom is 0.420 e. The Bertz CT molecular complexity index is 1070. The molecular weight excluding hydrogens is 427 g/mol. The van der Waals surface area contributed by atoms with Gasteiger partial charge in [-0.05, 0) is 42.3 Å². The Kier molecular flexibility index (Phi) is 5.95. The largest absolute Gasteiger partial charge is 0.493 e. The van der Waals surface area contributed by atoms with Gasteiger partial charge in [0.15, 0.2) is 5.13 Å². The lowest BCUT2D eigenvalue weighted by Gasteiger charge is -2.19. The van der Waals surface area contributed by atoms with Crippen molar-refractivity contribution in [2.45, 2.75) is 20.0 Å². The molecule has 0 fully saturated rings. The van der Waals surface area contributed by atoms with Gasteiger partial charge in [0.2, 0.25) is 0 Å². The molecule has 0 unspecified atom stereocenters. The second kappa shape index (κ2) is 8.66. The summed E-state index contributed by atoms with van der Waals surface area (Å²) in [6.07, 6.45) is -4.52. The molecule has 2 heterocycles. The fraction of sp³-hybridized carbons (Fsp3) is 0.318. The molecule has 0 aliphatic carbocycles. The molecule has 1 aliphatic rings. The first-order valence-electron chi connectivity index (χ1n) is 9.87. The number of alkyl halides is 3. The van der Waals surface area contributed by atoms with E-state index in [9.17, 15) is 13.2 Å². The van der Waals surface area contributed by atoms with Crippen LogP contribution in [0.3, 0.4) is 0 Å². The van der Waals surface area contributed by atoms with E-state index in [-0.39, 0.29) is 18.3 Å². The summed E-state index contributed by atoms with van der Waals surface area (Å²) in [5.74, 6) is 0.747. The van der Waals surface area contributed by atoms with Crippen LogP contribution in [-0.2, 0) is 6.18 Å². The van der Waals surface area contributed by atoms with Gasteiger partial charge in [-0.2, -0.15) is 13.2 Å². The third-order valence-corrected chi connectivity index (χ3v) is 5.32. The minimum atomic E-state index is -4.52. The van der Waals surface area contributed by atoms with E-state index in [2.05, 4.69) is 15.6 Å². The Labute approximate surface area is 182 Å². The van der Waals surface area contributed by atoms with Gasteiger partial charge in [-0.15, -0.1) is 11.3 Å². The molecule has 5 nitrogen and oxygen atoms in total. The van der Waals surface area contributed by atoms with E-state index in [4.69, 9.17) is 9.47 Å². The van der Waals surface area contributed by atoms with Crippen molar-refractivity contribution in [1.82, 2.24) is 4.98 Å². The monoisotopic (exact) mass is 449 g/mol.